The summed E-state index contributed by atoms with van der Waals surface area (Å²) in [7, 11) is 1.51. The minimum Gasteiger partial charge on any atom is -0.493 e. The monoisotopic (exact) mass is 564 g/mol. The molecule has 0 amide bonds. The van der Waals surface area contributed by atoms with Gasteiger partial charge in [0.05, 0.1) is 19.8 Å². The predicted molar refractivity (Wildman–Crippen MR) is 165 cm³/mol. The molecule has 0 aliphatic rings. The lowest BCUT2D eigenvalue weighted by atomic mass is 10.0. The molecule has 42 heavy (non-hydrogen) atoms. The van der Waals surface area contributed by atoms with Gasteiger partial charge in [-0.05, 0) is 54.4 Å². The van der Waals surface area contributed by atoms with Crippen LogP contribution in [0.5, 0.6) is 11.5 Å². The summed E-state index contributed by atoms with van der Waals surface area (Å²) in [6, 6.07) is 32.3. The van der Waals surface area contributed by atoms with Crippen molar-refractivity contribution in [1.29, 1.82) is 0 Å². The number of esters is 1. The van der Waals surface area contributed by atoms with Gasteiger partial charge in [-0.1, -0.05) is 78.9 Å². The van der Waals surface area contributed by atoms with Crippen LogP contribution in [-0.4, -0.2) is 44.8 Å². The Balaban J connectivity index is 1.35. The van der Waals surface area contributed by atoms with E-state index in [0.717, 1.165) is 22.4 Å². The Hall–Kier alpha value is -4.68. The molecule has 4 aromatic carbocycles. The number of carbonyl (C=O) groups excluding carboxylic acids is 2. The standard InChI is InChI=1S/C36H36O6/c1-3-40-36(38)34(39-2)26-28-16-22-33(31(25-28)17-15-27-11-6-4-7-12-27)42-24-10-23-41-32-20-18-30(19-21-32)35(37)29-13-8-5-9-14-29/h4-9,11-22,25,34H,3,10,23-24,26H2,1-2H3/b17-15+. The van der Waals surface area contributed by atoms with Crippen molar-refractivity contribution < 1.29 is 28.5 Å². The minimum absolute atomic E-state index is 0.0164. The molecular weight excluding hydrogens is 528 g/mol. The molecule has 6 nitrogen and oxygen atoms in total. The SMILES string of the molecule is CCOC(=O)C(Cc1ccc(OCCCOc2ccc(C(=O)c3ccccc3)cc2)c(/C=C/c2ccccc2)c1)OC. The predicted octanol–water partition coefficient (Wildman–Crippen LogP) is 7.06. The van der Waals surface area contributed by atoms with E-state index in [1.165, 1.54) is 7.11 Å². The Morgan fingerprint density at radius 1 is 0.762 bits per heavy atom. The molecule has 0 saturated carbocycles. The third kappa shape index (κ3) is 8.91. The van der Waals surface area contributed by atoms with Crippen LogP contribution in [0.15, 0.2) is 103 Å². The molecule has 0 radical (unpaired) electrons. The van der Waals surface area contributed by atoms with Crippen molar-refractivity contribution >= 4 is 23.9 Å². The summed E-state index contributed by atoms with van der Waals surface area (Å²) in [5.41, 5.74) is 4.18. The van der Waals surface area contributed by atoms with Crippen LogP contribution < -0.4 is 9.47 Å². The summed E-state index contributed by atoms with van der Waals surface area (Å²) in [6.45, 7) is 3.01. The molecule has 0 aliphatic carbocycles. The fourth-order valence-electron chi connectivity index (χ4n) is 4.34. The summed E-state index contributed by atoms with van der Waals surface area (Å²) < 4.78 is 22.5. The average molecular weight is 565 g/mol. The first-order valence-corrected chi connectivity index (χ1v) is 14.1. The fraction of sp³-hybridized carbons (Fsp3) is 0.222. The second-order valence-corrected chi connectivity index (χ2v) is 9.57. The topological polar surface area (TPSA) is 71.1 Å². The zero-order chi connectivity index (χ0) is 29.6. The molecule has 0 aliphatic heterocycles. The third-order valence-corrected chi connectivity index (χ3v) is 6.55. The number of methoxy groups -OCH3 is 1. The van der Waals surface area contributed by atoms with E-state index in [1.54, 1.807) is 19.1 Å². The van der Waals surface area contributed by atoms with Gasteiger partial charge in [0, 0.05) is 36.6 Å². The highest BCUT2D eigenvalue weighted by atomic mass is 16.6. The molecule has 0 bridgehead atoms. The molecule has 4 aromatic rings. The van der Waals surface area contributed by atoms with Crippen molar-refractivity contribution in [2.45, 2.75) is 25.9 Å². The first kappa shape index (κ1) is 30.3. The number of ketones is 1. The molecule has 0 N–H and O–H groups in total. The third-order valence-electron chi connectivity index (χ3n) is 6.55. The zero-order valence-corrected chi connectivity index (χ0v) is 24.0. The van der Waals surface area contributed by atoms with Crippen molar-refractivity contribution in [3.05, 3.63) is 131 Å². The Bertz CT molecular complexity index is 1450. The van der Waals surface area contributed by atoms with Gasteiger partial charge in [0.2, 0.25) is 0 Å². The van der Waals surface area contributed by atoms with Crippen molar-refractivity contribution in [2.75, 3.05) is 26.9 Å². The molecule has 1 atom stereocenters. The maximum Gasteiger partial charge on any atom is 0.335 e. The van der Waals surface area contributed by atoms with Gasteiger partial charge < -0.3 is 18.9 Å². The Morgan fingerprint density at radius 2 is 1.43 bits per heavy atom. The Labute approximate surface area is 247 Å². The molecular formula is C36H36O6. The summed E-state index contributed by atoms with van der Waals surface area (Å²) in [5, 5.41) is 0. The van der Waals surface area contributed by atoms with Gasteiger partial charge in [-0.3, -0.25) is 4.79 Å². The highest BCUT2D eigenvalue weighted by molar-refractivity contribution is 6.09. The largest absolute Gasteiger partial charge is 0.493 e. The van der Waals surface area contributed by atoms with E-state index in [-0.39, 0.29) is 11.8 Å². The molecule has 4 rings (SSSR count). The lowest BCUT2D eigenvalue weighted by Crippen LogP contribution is -2.27. The summed E-state index contributed by atoms with van der Waals surface area (Å²) in [4.78, 5) is 24.8. The van der Waals surface area contributed by atoms with Gasteiger partial charge in [0.15, 0.2) is 11.9 Å². The number of hydrogen-bond donors (Lipinski definition) is 0. The van der Waals surface area contributed by atoms with Gasteiger partial charge in [0.25, 0.3) is 0 Å². The van der Waals surface area contributed by atoms with Crippen LogP contribution >= 0.6 is 0 Å². The van der Waals surface area contributed by atoms with Crippen LogP contribution in [0.3, 0.4) is 0 Å². The molecule has 216 valence electrons. The van der Waals surface area contributed by atoms with E-state index in [1.807, 2.05) is 103 Å². The molecule has 0 heterocycles. The zero-order valence-electron chi connectivity index (χ0n) is 24.0. The summed E-state index contributed by atoms with van der Waals surface area (Å²) in [5.74, 6) is 1.04. The van der Waals surface area contributed by atoms with Crippen LogP contribution in [0.25, 0.3) is 12.2 Å². The van der Waals surface area contributed by atoms with E-state index >= 15 is 0 Å². The van der Waals surface area contributed by atoms with Crippen LogP contribution in [0.1, 0.15) is 46.0 Å². The number of benzene rings is 4. The highest BCUT2D eigenvalue weighted by Crippen LogP contribution is 2.25. The maximum atomic E-state index is 12.6. The Morgan fingerprint density at radius 3 is 2.12 bits per heavy atom. The minimum atomic E-state index is -0.676. The number of carbonyl (C=O) groups is 2. The first-order valence-electron chi connectivity index (χ1n) is 14.1. The van der Waals surface area contributed by atoms with Crippen molar-refractivity contribution in [1.82, 2.24) is 0 Å². The number of hydrogen-bond acceptors (Lipinski definition) is 6. The molecule has 0 fully saturated rings. The second kappa shape index (κ2) is 15.9. The molecule has 6 heteroatoms. The molecule has 0 aromatic heterocycles. The van der Waals surface area contributed by atoms with E-state index < -0.39 is 6.10 Å². The Kier molecular flexibility index (Phi) is 11.5. The van der Waals surface area contributed by atoms with Gasteiger partial charge in [-0.15, -0.1) is 0 Å². The van der Waals surface area contributed by atoms with Crippen LogP contribution in [0.4, 0.5) is 0 Å². The van der Waals surface area contributed by atoms with Gasteiger partial charge in [0.1, 0.15) is 11.5 Å². The maximum absolute atomic E-state index is 12.6. The van der Waals surface area contributed by atoms with E-state index in [2.05, 4.69) is 0 Å². The molecule has 0 spiro atoms. The fourth-order valence-corrected chi connectivity index (χ4v) is 4.34. The highest BCUT2D eigenvalue weighted by Gasteiger charge is 2.20. The van der Waals surface area contributed by atoms with Gasteiger partial charge in [-0.25, -0.2) is 4.79 Å². The number of rotatable bonds is 15. The van der Waals surface area contributed by atoms with E-state index in [4.69, 9.17) is 18.9 Å². The molecule has 0 saturated heterocycles. The lowest BCUT2D eigenvalue weighted by Gasteiger charge is -2.16. The average Bonchev–Trinajstić information content (AvgIpc) is 3.04. The smallest absolute Gasteiger partial charge is 0.335 e. The summed E-state index contributed by atoms with van der Waals surface area (Å²) in [6.07, 6.45) is 4.43. The quantitative estimate of drug-likeness (QED) is 0.0667. The van der Waals surface area contributed by atoms with E-state index in [9.17, 15) is 9.59 Å². The summed E-state index contributed by atoms with van der Waals surface area (Å²) >= 11 is 0. The van der Waals surface area contributed by atoms with Crippen molar-refractivity contribution in [3.63, 3.8) is 0 Å². The van der Waals surface area contributed by atoms with Crippen LogP contribution in [-0.2, 0) is 20.7 Å². The van der Waals surface area contributed by atoms with Crippen molar-refractivity contribution in [2.24, 2.45) is 0 Å². The normalized spacial score (nSPS) is 11.7. The number of ether oxygens (including phenoxy) is 4. The van der Waals surface area contributed by atoms with E-state index in [0.29, 0.717) is 49.5 Å². The van der Waals surface area contributed by atoms with Gasteiger partial charge in [-0.2, -0.15) is 0 Å². The van der Waals surface area contributed by atoms with Gasteiger partial charge >= 0.3 is 5.97 Å². The molecule has 1 unspecified atom stereocenters. The lowest BCUT2D eigenvalue weighted by molar-refractivity contribution is -0.154. The van der Waals surface area contributed by atoms with Crippen LogP contribution in [0.2, 0.25) is 0 Å². The van der Waals surface area contributed by atoms with Crippen LogP contribution in [0, 0.1) is 0 Å². The first-order chi connectivity index (χ1) is 20.6. The second-order valence-electron chi connectivity index (χ2n) is 9.57. The van der Waals surface area contributed by atoms with Crippen molar-refractivity contribution in [3.8, 4) is 11.5 Å².